The molecule has 1 heterocycles. The van der Waals surface area contributed by atoms with Crippen molar-refractivity contribution in [3.05, 3.63) is 38.4 Å². The van der Waals surface area contributed by atoms with E-state index in [4.69, 9.17) is 0 Å². The van der Waals surface area contributed by atoms with Crippen LogP contribution in [0.5, 0.6) is 0 Å². The Balaban J connectivity index is 2.54. The Morgan fingerprint density at radius 2 is 1.95 bits per heavy atom. The van der Waals surface area contributed by atoms with E-state index in [0.29, 0.717) is 5.71 Å². The van der Waals surface area contributed by atoms with Gasteiger partial charge >= 0.3 is 5.69 Å². The van der Waals surface area contributed by atoms with Gasteiger partial charge in [0.15, 0.2) is 0 Å². The Kier molecular flexibility index (Phi) is 2.95. The van der Waals surface area contributed by atoms with Gasteiger partial charge in [0.05, 0.1) is 22.3 Å². The molecule has 2 rings (SSSR count). The molecule has 0 radical (unpaired) electrons. The highest BCUT2D eigenvalue weighted by Gasteiger charge is 2.30. The van der Waals surface area contributed by atoms with E-state index in [1.807, 2.05) is 0 Å². The lowest BCUT2D eigenvalue weighted by Crippen LogP contribution is -2.20. The van der Waals surface area contributed by atoms with Crippen LogP contribution in [-0.4, -0.2) is 21.5 Å². The third-order valence-electron chi connectivity index (χ3n) is 2.51. The van der Waals surface area contributed by atoms with E-state index in [1.54, 1.807) is 6.92 Å². The summed E-state index contributed by atoms with van der Waals surface area (Å²) in [5.74, 6) is -0.408. The Hall–Kier alpha value is -2.84. The second-order valence-corrected chi connectivity index (χ2v) is 3.90. The molecule has 0 aliphatic carbocycles. The first-order valence-electron chi connectivity index (χ1n) is 5.20. The van der Waals surface area contributed by atoms with Crippen LogP contribution in [0.2, 0.25) is 0 Å². The third kappa shape index (κ3) is 2.25. The molecule has 0 saturated carbocycles. The number of anilines is 1. The second kappa shape index (κ2) is 4.44. The van der Waals surface area contributed by atoms with Gasteiger partial charge in [-0.2, -0.15) is 10.1 Å². The largest absolute Gasteiger partial charge is 0.301 e. The summed E-state index contributed by atoms with van der Waals surface area (Å²) in [5, 5.41) is 26.3. The predicted octanol–water partition coefficient (Wildman–Crippen LogP) is 1.62. The molecule has 0 unspecified atom stereocenters. The van der Waals surface area contributed by atoms with Crippen LogP contribution < -0.4 is 5.01 Å². The van der Waals surface area contributed by atoms with Crippen molar-refractivity contribution in [2.45, 2.75) is 13.3 Å². The topological polar surface area (TPSA) is 119 Å². The highest BCUT2D eigenvalue weighted by Crippen LogP contribution is 2.33. The standard InChI is InChI=1S/C10H8N4O5/c1-6-4-10(15)12(11-6)8-3-2-7(13(16)17)5-9(8)14(18)19/h2-3,5H,4H2,1H3. The Morgan fingerprint density at radius 3 is 2.42 bits per heavy atom. The summed E-state index contributed by atoms with van der Waals surface area (Å²) in [6.45, 7) is 1.62. The van der Waals surface area contributed by atoms with Gasteiger partial charge in [0.1, 0.15) is 5.69 Å². The minimum Gasteiger partial charge on any atom is -0.272 e. The molecule has 0 spiro atoms. The van der Waals surface area contributed by atoms with Crippen LogP contribution in [-0.2, 0) is 4.79 Å². The van der Waals surface area contributed by atoms with Gasteiger partial charge in [-0.25, -0.2) is 0 Å². The fourth-order valence-electron chi connectivity index (χ4n) is 1.69. The molecule has 0 atom stereocenters. The minimum absolute atomic E-state index is 0.0718. The van der Waals surface area contributed by atoms with Gasteiger partial charge in [0, 0.05) is 11.8 Å². The molecule has 98 valence electrons. The van der Waals surface area contributed by atoms with Crippen LogP contribution in [0.25, 0.3) is 0 Å². The smallest absolute Gasteiger partial charge is 0.272 e. The van der Waals surface area contributed by atoms with E-state index in [-0.39, 0.29) is 12.1 Å². The number of rotatable bonds is 3. The molecule has 0 saturated heterocycles. The van der Waals surface area contributed by atoms with Crippen molar-refractivity contribution in [2.75, 3.05) is 5.01 Å². The molecule has 0 aromatic heterocycles. The summed E-state index contributed by atoms with van der Waals surface area (Å²) in [4.78, 5) is 31.7. The monoisotopic (exact) mass is 264 g/mol. The molecular weight excluding hydrogens is 256 g/mol. The Labute approximate surface area is 106 Å². The summed E-state index contributed by atoms with van der Waals surface area (Å²) in [6.07, 6.45) is 0.0775. The predicted molar refractivity (Wildman–Crippen MR) is 65.0 cm³/mol. The van der Waals surface area contributed by atoms with Crippen molar-refractivity contribution in [1.29, 1.82) is 0 Å². The number of nitro groups is 2. The zero-order valence-electron chi connectivity index (χ0n) is 9.77. The maximum Gasteiger partial charge on any atom is 0.301 e. The van der Waals surface area contributed by atoms with Crippen molar-refractivity contribution in [3.8, 4) is 0 Å². The molecule has 1 amide bonds. The lowest BCUT2D eigenvalue weighted by molar-refractivity contribution is -0.393. The first-order valence-corrected chi connectivity index (χ1v) is 5.20. The molecule has 0 bridgehead atoms. The van der Waals surface area contributed by atoms with Gasteiger partial charge in [-0.1, -0.05) is 0 Å². The lowest BCUT2D eigenvalue weighted by Gasteiger charge is -2.11. The van der Waals surface area contributed by atoms with Crippen LogP contribution in [0.1, 0.15) is 13.3 Å². The Morgan fingerprint density at radius 1 is 1.26 bits per heavy atom. The highest BCUT2D eigenvalue weighted by atomic mass is 16.6. The average molecular weight is 264 g/mol. The fourth-order valence-corrected chi connectivity index (χ4v) is 1.69. The van der Waals surface area contributed by atoms with Gasteiger partial charge in [-0.05, 0) is 13.0 Å². The molecule has 1 aromatic carbocycles. The number of amides is 1. The van der Waals surface area contributed by atoms with Gasteiger partial charge in [0.25, 0.3) is 11.6 Å². The normalized spacial score (nSPS) is 14.5. The van der Waals surface area contributed by atoms with E-state index in [9.17, 15) is 25.0 Å². The number of hydrazone groups is 1. The lowest BCUT2D eigenvalue weighted by atomic mass is 10.2. The number of carbonyl (C=O) groups excluding carboxylic acids is 1. The molecule has 9 nitrogen and oxygen atoms in total. The number of non-ortho nitro benzene ring substituents is 1. The molecule has 1 aliphatic rings. The van der Waals surface area contributed by atoms with E-state index < -0.39 is 27.1 Å². The van der Waals surface area contributed by atoms with Crippen molar-refractivity contribution in [1.82, 2.24) is 0 Å². The first-order chi connectivity index (χ1) is 8.90. The van der Waals surface area contributed by atoms with Crippen LogP contribution >= 0.6 is 0 Å². The van der Waals surface area contributed by atoms with Crippen LogP contribution in [0, 0.1) is 20.2 Å². The van der Waals surface area contributed by atoms with Gasteiger partial charge in [-0.15, -0.1) is 0 Å². The zero-order chi connectivity index (χ0) is 14.2. The summed E-state index contributed by atoms with van der Waals surface area (Å²) in [5.41, 5.74) is -0.487. The summed E-state index contributed by atoms with van der Waals surface area (Å²) in [7, 11) is 0. The van der Waals surface area contributed by atoms with Crippen LogP contribution in [0.4, 0.5) is 17.1 Å². The maximum absolute atomic E-state index is 11.6. The number of nitro benzene ring substituents is 2. The molecule has 0 N–H and O–H groups in total. The molecular formula is C10H8N4O5. The van der Waals surface area contributed by atoms with Gasteiger partial charge < -0.3 is 0 Å². The molecule has 1 aliphatic heterocycles. The Bertz CT molecular complexity index is 624. The number of hydrogen-bond donors (Lipinski definition) is 0. The SMILES string of the molecule is CC1=NN(c2ccc([N+](=O)[O-])cc2[N+](=O)[O-])C(=O)C1. The fraction of sp³-hybridized carbons (Fsp3) is 0.200. The summed E-state index contributed by atoms with van der Waals surface area (Å²) < 4.78 is 0. The van der Waals surface area contributed by atoms with E-state index in [0.717, 1.165) is 23.2 Å². The minimum atomic E-state index is -0.779. The number of benzene rings is 1. The van der Waals surface area contributed by atoms with E-state index >= 15 is 0 Å². The van der Waals surface area contributed by atoms with Crippen molar-refractivity contribution in [3.63, 3.8) is 0 Å². The van der Waals surface area contributed by atoms with Gasteiger partial charge in [-0.3, -0.25) is 25.0 Å². The average Bonchev–Trinajstić information content (AvgIpc) is 2.67. The van der Waals surface area contributed by atoms with Crippen LogP contribution in [0.3, 0.4) is 0 Å². The molecule has 9 heteroatoms. The van der Waals surface area contributed by atoms with E-state index in [2.05, 4.69) is 5.10 Å². The first kappa shape index (κ1) is 12.6. The molecule has 19 heavy (non-hydrogen) atoms. The maximum atomic E-state index is 11.6. The molecule has 0 fully saturated rings. The van der Waals surface area contributed by atoms with Crippen molar-refractivity contribution < 1.29 is 14.6 Å². The molecule has 1 aromatic rings. The quantitative estimate of drug-likeness (QED) is 0.606. The zero-order valence-corrected chi connectivity index (χ0v) is 9.77. The van der Waals surface area contributed by atoms with Crippen LogP contribution in [0.15, 0.2) is 23.3 Å². The van der Waals surface area contributed by atoms with E-state index in [1.165, 1.54) is 0 Å². The number of hydrogen-bond acceptors (Lipinski definition) is 6. The second-order valence-electron chi connectivity index (χ2n) is 3.90. The summed E-state index contributed by atoms with van der Waals surface area (Å²) in [6, 6.07) is 3.06. The van der Waals surface area contributed by atoms with Crippen molar-refractivity contribution >= 4 is 28.7 Å². The number of carbonyl (C=O) groups is 1. The highest BCUT2D eigenvalue weighted by molar-refractivity contribution is 6.12. The van der Waals surface area contributed by atoms with Crippen molar-refractivity contribution in [2.24, 2.45) is 5.10 Å². The summed E-state index contributed by atoms with van der Waals surface area (Å²) >= 11 is 0. The van der Waals surface area contributed by atoms with Gasteiger partial charge in [0.2, 0.25) is 0 Å². The number of nitrogens with zero attached hydrogens (tertiary/aromatic N) is 4. The third-order valence-corrected chi connectivity index (χ3v) is 2.51.